The van der Waals surface area contributed by atoms with Crippen LogP contribution < -0.4 is 10.4 Å². The number of aromatic carboxylic acids is 1. The number of esters is 1. The summed E-state index contributed by atoms with van der Waals surface area (Å²) in [4.78, 5) is 35.0. The highest BCUT2D eigenvalue weighted by Crippen LogP contribution is 2.43. The van der Waals surface area contributed by atoms with Gasteiger partial charge in [0, 0.05) is 22.9 Å². The molecule has 1 aliphatic rings. The molecule has 1 atom stereocenters. The summed E-state index contributed by atoms with van der Waals surface area (Å²) in [7, 11) is 0. The second kappa shape index (κ2) is 5.84. The molecule has 1 N–H and O–H groups in total. The Bertz CT molecular complexity index is 1110. The molecule has 0 bridgehead atoms. The maximum Gasteiger partial charge on any atom is 0.336 e. The summed E-state index contributed by atoms with van der Waals surface area (Å²) in [6.07, 6.45) is 0.0795. The van der Waals surface area contributed by atoms with Crippen LogP contribution in [0.15, 0.2) is 51.7 Å². The van der Waals surface area contributed by atoms with Crippen LogP contribution in [-0.2, 0) is 4.79 Å². The summed E-state index contributed by atoms with van der Waals surface area (Å²) < 4.78 is 10.8. The summed E-state index contributed by atoms with van der Waals surface area (Å²) in [6, 6.07) is 11.2. The summed E-state index contributed by atoms with van der Waals surface area (Å²) in [5.74, 6) is -1.44. The van der Waals surface area contributed by atoms with Gasteiger partial charge in [-0.3, -0.25) is 4.79 Å². The summed E-state index contributed by atoms with van der Waals surface area (Å²) in [5, 5.41) is 9.84. The van der Waals surface area contributed by atoms with Gasteiger partial charge in [0.1, 0.15) is 11.3 Å². The average Bonchev–Trinajstić information content (AvgIpc) is 2.60. The second-order valence-electron chi connectivity index (χ2n) is 6.26. The van der Waals surface area contributed by atoms with Crippen LogP contribution in [0, 0.1) is 6.92 Å². The van der Waals surface area contributed by atoms with Crippen LogP contribution in [0.5, 0.6) is 5.75 Å². The number of benzene rings is 2. The molecule has 1 aromatic heterocycles. The summed E-state index contributed by atoms with van der Waals surface area (Å²) in [5.41, 5.74) is 2.24. The molecule has 1 aliphatic heterocycles. The Hall–Kier alpha value is -3.41. The zero-order valence-corrected chi connectivity index (χ0v) is 13.8. The molecular weight excluding hydrogens is 336 g/mol. The Morgan fingerprint density at radius 1 is 1.12 bits per heavy atom. The monoisotopic (exact) mass is 350 g/mol. The molecule has 26 heavy (non-hydrogen) atoms. The predicted octanol–water partition coefficient (Wildman–Crippen LogP) is 3.24. The lowest BCUT2D eigenvalue weighted by molar-refractivity contribution is -0.135. The predicted molar refractivity (Wildman–Crippen MR) is 92.7 cm³/mol. The van der Waals surface area contributed by atoms with Gasteiger partial charge in [0.25, 0.3) is 0 Å². The lowest BCUT2D eigenvalue weighted by Crippen LogP contribution is -2.21. The third-order valence-electron chi connectivity index (χ3n) is 4.62. The fraction of sp³-hybridized carbons (Fsp3) is 0.150. The van der Waals surface area contributed by atoms with Gasteiger partial charge in [-0.05, 0) is 42.3 Å². The second-order valence-corrected chi connectivity index (χ2v) is 6.26. The number of fused-ring (bicyclic) bond motifs is 3. The molecule has 3 aromatic rings. The molecule has 0 saturated heterocycles. The topological polar surface area (TPSA) is 93.8 Å². The van der Waals surface area contributed by atoms with Gasteiger partial charge in [0.05, 0.1) is 12.0 Å². The molecule has 0 saturated carbocycles. The molecule has 6 nitrogen and oxygen atoms in total. The van der Waals surface area contributed by atoms with Crippen molar-refractivity contribution in [3.05, 3.63) is 75.1 Å². The van der Waals surface area contributed by atoms with E-state index in [2.05, 4.69) is 0 Å². The van der Waals surface area contributed by atoms with Crippen molar-refractivity contribution in [1.29, 1.82) is 0 Å². The highest BCUT2D eigenvalue weighted by molar-refractivity contribution is 5.90. The van der Waals surface area contributed by atoms with Crippen molar-refractivity contribution in [3.8, 4) is 5.75 Å². The molecular formula is C20H14O6. The number of aryl methyl sites for hydroxylation is 1. The first-order valence-corrected chi connectivity index (χ1v) is 8.05. The molecule has 0 radical (unpaired) electrons. The van der Waals surface area contributed by atoms with Crippen LogP contribution in [0.1, 0.15) is 39.4 Å². The van der Waals surface area contributed by atoms with E-state index in [0.717, 1.165) is 16.5 Å². The Morgan fingerprint density at radius 2 is 1.85 bits per heavy atom. The first-order valence-electron chi connectivity index (χ1n) is 8.05. The van der Waals surface area contributed by atoms with Gasteiger partial charge in [0.2, 0.25) is 0 Å². The minimum atomic E-state index is -1.02. The van der Waals surface area contributed by atoms with E-state index in [-0.39, 0.29) is 23.9 Å². The van der Waals surface area contributed by atoms with E-state index in [1.807, 2.05) is 6.92 Å². The molecule has 2 heterocycles. The Morgan fingerprint density at radius 3 is 2.54 bits per heavy atom. The fourth-order valence-corrected chi connectivity index (χ4v) is 3.38. The van der Waals surface area contributed by atoms with E-state index in [0.29, 0.717) is 16.9 Å². The normalized spacial score (nSPS) is 16.2. The van der Waals surface area contributed by atoms with Gasteiger partial charge in [-0.25, -0.2) is 9.59 Å². The van der Waals surface area contributed by atoms with Crippen LogP contribution in [-0.4, -0.2) is 17.0 Å². The third kappa shape index (κ3) is 2.56. The Balaban J connectivity index is 1.96. The maximum absolute atomic E-state index is 12.0. The summed E-state index contributed by atoms with van der Waals surface area (Å²) >= 11 is 0. The maximum atomic E-state index is 12.0. The van der Waals surface area contributed by atoms with Crippen molar-refractivity contribution in [2.45, 2.75) is 19.3 Å². The van der Waals surface area contributed by atoms with Gasteiger partial charge in [0.15, 0.2) is 0 Å². The number of rotatable bonds is 2. The number of hydrogen-bond acceptors (Lipinski definition) is 5. The minimum Gasteiger partial charge on any atom is -0.478 e. The van der Waals surface area contributed by atoms with E-state index in [1.54, 1.807) is 24.3 Å². The van der Waals surface area contributed by atoms with Crippen LogP contribution in [0.25, 0.3) is 11.0 Å². The largest absolute Gasteiger partial charge is 0.478 e. The Labute approximate surface area is 147 Å². The zero-order valence-electron chi connectivity index (χ0n) is 13.8. The van der Waals surface area contributed by atoms with Crippen molar-refractivity contribution in [1.82, 2.24) is 0 Å². The number of carbonyl (C=O) groups excluding carboxylic acids is 1. The number of hydrogen-bond donors (Lipinski definition) is 1. The van der Waals surface area contributed by atoms with Crippen LogP contribution in [0.2, 0.25) is 0 Å². The summed E-state index contributed by atoms with van der Waals surface area (Å²) in [6.45, 7) is 1.82. The Kier molecular flexibility index (Phi) is 3.61. The molecule has 0 amide bonds. The van der Waals surface area contributed by atoms with Crippen molar-refractivity contribution in [2.24, 2.45) is 0 Å². The molecule has 0 spiro atoms. The number of carbonyl (C=O) groups is 2. The quantitative estimate of drug-likeness (QED) is 0.433. The smallest absolute Gasteiger partial charge is 0.336 e. The van der Waals surface area contributed by atoms with Crippen molar-refractivity contribution in [3.63, 3.8) is 0 Å². The van der Waals surface area contributed by atoms with Gasteiger partial charge < -0.3 is 14.3 Å². The van der Waals surface area contributed by atoms with E-state index >= 15 is 0 Å². The molecule has 0 unspecified atom stereocenters. The van der Waals surface area contributed by atoms with Crippen molar-refractivity contribution in [2.75, 3.05) is 0 Å². The SMILES string of the molecule is Cc1cc(=O)oc2c3c(ccc12)OC(=O)C[C@@H]3c1ccc(C(=O)O)cc1. The number of carboxylic acid groups (broad SMARTS) is 1. The van der Waals surface area contributed by atoms with Gasteiger partial charge in [-0.1, -0.05) is 12.1 Å². The van der Waals surface area contributed by atoms with Gasteiger partial charge >= 0.3 is 17.6 Å². The van der Waals surface area contributed by atoms with Gasteiger partial charge in [-0.2, -0.15) is 0 Å². The zero-order chi connectivity index (χ0) is 18.4. The molecule has 2 aromatic carbocycles. The first kappa shape index (κ1) is 16.1. The standard InChI is InChI=1S/C20H14O6/c1-10-8-16(21)26-19-13(10)6-7-15-18(19)14(9-17(22)25-15)11-2-4-12(5-3-11)20(23)24/h2-8,14H,9H2,1H3,(H,23,24)/t14-/m1/s1. The highest BCUT2D eigenvalue weighted by Gasteiger charge is 2.32. The van der Waals surface area contributed by atoms with Gasteiger partial charge in [-0.15, -0.1) is 0 Å². The number of ether oxygens (including phenoxy) is 1. The highest BCUT2D eigenvalue weighted by atomic mass is 16.5. The van der Waals surface area contributed by atoms with E-state index < -0.39 is 11.6 Å². The van der Waals surface area contributed by atoms with Crippen LogP contribution in [0.4, 0.5) is 0 Å². The van der Waals surface area contributed by atoms with Crippen molar-refractivity contribution < 1.29 is 23.8 Å². The molecule has 4 rings (SSSR count). The minimum absolute atomic E-state index is 0.0795. The van der Waals surface area contributed by atoms with Crippen molar-refractivity contribution >= 4 is 22.9 Å². The average molecular weight is 350 g/mol. The van der Waals surface area contributed by atoms with E-state index in [4.69, 9.17) is 14.3 Å². The number of carboxylic acids is 1. The molecule has 0 aliphatic carbocycles. The lowest BCUT2D eigenvalue weighted by Gasteiger charge is -2.25. The van der Waals surface area contributed by atoms with Crippen LogP contribution in [0.3, 0.4) is 0 Å². The molecule has 6 heteroatoms. The van der Waals surface area contributed by atoms with Crippen LogP contribution >= 0.6 is 0 Å². The molecule has 130 valence electrons. The third-order valence-corrected chi connectivity index (χ3v) is 4.62. The first-order chi connectivity index (χ1) is 12.4. The van der Waals surface area contributed by atoms with E-state index in [9.17, 15) is 14.4 Å². The van der Waals surface area contributed by atoms with E-state index in [1.165, 1.54) is 18.2 Å². The lowest BCUT2D eigenvalue weighted by atomic mass is 9.84. The molecule has 0 fully saturated rings. The fourth-order valence-electron chi connectivity index (χ4n) is 3.38.